The van der Waals surface area contributed by atoms with Crippen molar-refractivity contribution in [1.29, 1.82) is 0 Å². The van der Waals surface area contributed by atoms with Crippen LogP contribution in [0, 0.1) is 15.9 Å². The van der Waals surface area contributed by atoms with Gasteiger partial charge in [-0.1, -0.05) is 48.5 Å². The number of aromatic amines is 1. The fraction of sp³-hybridized carbons (Fsp3) is 0.185. The number of nitrogens with zero attached hydrogens (tertiary/aromatic N) is 3. The van der Waals surface area contributed by atoms with Crippen molar-refractivity contribution in [3.05, 3.63) is 111 Å². The van der Waals surface area contributed by atoms with Gasteiger partial charge in [0.05, 0.1) is 11.0 Å². The molecule has 0 radical (unpaired) electrons. The molecular formula is C27H21FN4O4. The van der Waals surface area contributed by atoms with Gasteiger partial charge in [-0.2, -0.15) is 0 Å². The van der Waals surface area contributed by atoms with E-state index < -0.39 is 22.8 Å². The Labute approximate surface area is 205 Å². The number of nitrogens with one attached hydrogen (secondary N) is 1. The normalized spacial score (nSPS) is 19.4. The lowest BCUT2D eigenvalue weighted by Crippen LogP contribution is -2.62. The molecule has 2 aliphatic rings. The Morgan fingerprint density at radius 1 is 1.03 bits per heavy atom. The molecule has 4 aromatic rings. The highest BCUT2D eigenvalue weighted by atomic mass is 19.1. The molecule has 0 unspecified atom stereocenters. The molecule has 3 aromatic carbocycles. The van der Waals surface area contributed by atoms with E-state index in [1.54, 1.807) is 30.3 Å². The first-order chi connectivity index (χ1) is 17.4. The highest BCUT2D eigenvalue weighted by Crippen LogP contribution is 2.43. The fourth-order valence-corrected chi connectivity index (χ4v) is 5.44. The molecule has 0 saturated carbocycles. The summed E-state index contributed by atoms with van der Waals surface area (Å²) in [6.07, 6.45) is 0.295. The van der Waals surface area contributed by atoms with Crippen LogP contribution in [0.5, 0.6) is 0 Å². The Morgan fingerprint density at radius 3 is 2.61 bits per heavy atom. The number of H-pyrrole nitrogens is 1. The van der Waals surface area contributed by atoms with Gasteiger partial charge in [0.2, 0.25) is 11.8 Å². The van der Waals surface area contributed by atoms with Gasteiger partial charge in [-0.3, -0.25) is 19.7 Å². The Balaban J connectivity index is 1.47. The lowest BCUT2D eigenvalue weighted by atomic mass is 9.86. The summed E-state index contributed by atoms with van der Waals surface area (Å²) in [5, 5.41) is 12.4. The molecule has 6 rings (SSSR count). The molecule has 180 valence electrons. The second-order valence-electron chi connectivity index (χ2n) is 9.12. The van der Waals surface area contributed by atoms with Crippen molar-refractivity contribution in [2.45, 2.75) is 25.0 Å². The van der Waals surface area contributed by atoms with Crippen molar-refractivity contribution in [2.24, 2.45) is 0 Å². The van der Waals surface area contributed by atoms with Crippen molar-refractivity contribution in [3.8, 4) is 0 Å². The standard InChI is InChI=1S/C27H21FN4O4/c28-21-10-3-1-6-17(21)14-30-15-24(33)31-23(27(30)34)13-20-19-9-2-4-11-22(19)29-25(20)26(31)16-7-5-8-18(12-16)32(35)36/h1-12,23,26,29H,13-15H2/t23-,26+/m0/s1. The van der Waals surface area contributed by atoms with Crippen molar-refractivity contribution in [1.82, 2.24) is 14.8 Å². The average Bonchev–Trinajstić information content (AvgIpc) is 3.25. The topological polar surface area (TPSA) is 99.5 Å². The molecule has 0 spiro atoms. The number of fused-ring (bicyclic) bond motifs is 4. The van der Waals surface area contributed by atoms with Crippen LogP contribution < -0.4 is 0 Å². The lowest BCUT2D eigenvalue weighted by molar-refractivity contribution is -0.384. The van der Waals surface area contributed by atoms with Gasteiger partial charge in [-0.15, -0.1) is 0 Å². The molecule has 0 aliphatic carbocycles. The Kier molecular flexibility index (Phi) is 5.06. The molecule has 2 aliphatic heterocycles. The highest BCUT2D eigenvalue weighted by Gasteiger charge is 2.48. The summed E-state index contributed by atoms with van der Waals surface area (Å²) < 4.78 is 14.3. The van der Waals surface area contributed by atoms with Crippen LogP contribution in [0.3, 0.4) is 0 Å². The largest absolute Gasteiger partial charge is 0.356 e. The van der Waals surface area contributed by atoms with Gasteiger partial charge in [-0.25, -0.2) is 4.39 Å². The number of carbonyl (C=O) groups is 2. The molecular weight excluding hydrogens is 463 g/mol. The summed E-state index contributed by atoms with van der Waals surface area (Å²) in [6.45, 7) is -0.214. The Hall–Kier alpha value is -4.53. The van der Waals surface area contributed by atoms with E-state index in [1.807, 2.05) is 24.3 Å². The van der Waals surface area contributed by atoms with Gasteiger partial charge in [0, 0.05) is 47.3 Å². The van der Waals surface area contributed by atoms with E-state index in [4.69, 9.17) is 0 Å². The van der Waals surface area contributed by atoms with Crippen LogP contribution in [0.4, 0.5) is 10.1 Å². The third kappa shape index (κ3) is 3.43. The molecule has 2 amide bonds. The van der Waals surface area contributed by atoms with Crippen LogP contribution in [0.2, 0.25) is 0 Å². The molecule has 1 aromatic heterocycles. The first-order valence-corrected chi connectivity index (χ1v) is 11.6. The third-order valence-electron chi connectivity index (χ3n) is 7.06. The number of hydrogen-bond acceptors (Lipinski definition) is 4. The molecule has 1 N–H and O–H groups in total. The number of aromatic nitrogens is 1. The molecule has 36 heavy (non-hydrogen) atoms. The van der Waals surface area contributed by atoms with Crippen molar-refractivity contribution in [3.63, 3.8) is 0 Å². The van der Waals surface area contributed by atoms with Gasteiger partial charge in [0.25, 0.3) is 5.69 Å². The number of piperazine rings is 1. The minimum absolute atomic E-state index is 0.0101. The van der Waals surface area contributed by atoms with E-state index in [0.717, 1.165) is 22.2 Å². The number of amides is 2. The van der Waals surface area contributed by atoms with Crippen LogP contribution in [0.15, 0.2) is 72.8 Å². The van der Waals surface area contributed by atoms with E-state index in [-0.39, 0.29) is 30.6 Å². The van der Waals surface area contributed by atoms with E-state index in [9.17, 15) is 24.1 Å². The maximum atomic E-state index is 14.3. The van der Waals surface area contributed by atoms with Gasteiger partial charge in [0.1, 0.15) is 18.4 Å². The molecule has 3 heterocycles. The van der Waals surface area contributed by atoms with Gasteiger partial charge >= 0.3 is 0 Å². The number of benzene rings is 3. The van der Waals surface area contributed by atoms with E-state index >= 15 is 0 Å². The molecule has 2 atom stereocenters. The van der Waals surface area contributed by atoms with Crippen molar-refractivity contribution < 1.29 is 18.9 Å². The predicted molar refractivity (Wildman–Crippen MR) is 129 cm³/mol. The lowest BCUT2D eigenvalue weighted by Gasteiger charge is -2.47. The number of rotatable bonds is 4. The van der Waals surface area contributed by atoms with Crippen molar-refractivity contribution in [2.75, 3.05) is 6.54 Å². The Morgan fingerprint density at radius 2 is 1.81 bits per heavy atom. The quantitative estimate of drug-likeness (QED) is 0.348. The molecule has 0 bridgehead atoms. The summed E-state index contributed by atoms with van der Waals surface area (Å²) in [5.74, 6) is -1.00. The second-order valence-corrected chi connectivity index (χ2v) is 9.12. The zero-order valence-corrected chi connectivity index (χ0v) is 19.1. The molecule has 1 fully saturated rings. The SMILES string of the molecule is O=C1[C@@H]2Cc3c([nH]c4ccccc34)[C@@H](c3cccc([N+](=O)[O-])c3)N2C(=O)CN1Cc1ccccc1F. The fourth-order valence-electron chi connectivity index (χ4n) is 5.44. The Bertz CT molecular complexity index is 1550. The van der Waals surface area contributed by atoms with Gasteiger partial charge in [-0.05, 0) is 23.3 Å². The number of para-hydroxylation sites is 1. The number of nitro benzene ring substituents is 1. The minimum atomic E-state index is -0.811. The van der Waals surface area contributed by atoms with E-state index in [1.165, 1.54) is 28.0 Å². The summed E-state index contributed by atoms with van der Waals surface area (Å²) >= 11 is 0. The maximum Gasteiger partial charge on any atom is 0.269 e. The number of halogens is 1. The number of hydrogen-bond donors (Lipinski definition) is 1. The summed E-state index contributed by atoms with van der Waals surface area (Å²) in [5.41, 5.74) is 3.30. The summed E-state index contributed by atoms with van der Waals surface area (Å²) in [6, 6.07) is 18.5. The molecule has 1 saturated heterocycles. The van der Waals surface area contributed by atoms with Crippen LogP contribution in [-0.2, 0) is 22.6 Å². The van der Waals surface area contributed by atoms with Gasteiger partial charge < -0.3 is 14.8 Å². The van der Waals surface area contributed by atoms with Crippen LogP contribution in [-0.4, -0.2) is 44.1 Å². The minimum Gasteiger partial charge on any atom is -0.356 e. The summed E-state index contributed by atoms with van der Waals surface area (Å²) in [4.78, 5) is 44.7. The van der Waals surface area contributed by atoms with Crippen LogP contribution >= 0.6 is 0 Å². The second kappa shape index (κ2) is 8.30. The maximum absolute atomic E-state index is 14.3. The number of non-ortho nitro benzene ring substituents is 1. The predicted octanol–water partition coefficient (Wildman–Crippen LogP) is 4.10. The molecule has 8 nitrogen and oxygen atoms in total. The number of carbonyl (C=O) groups excluding carboxylic acids is 2. The van der Waals surface area contributed by atoms with E-state index in [0.29, 0.717) is 17.5 Å². The zero-order valence-electron chi connectivity index (χ0n) is 19.1. The monoisotopic (exact) mass is 484 g/mol. The van der Waals surface area contributed by atoms with Gasteiger partial charge in [0.15, 0.2) is 0 Å². The third-order valence-corrected chi connectivity index (χ3v) is 7.06. The van der Waals surface area contributed by atoms with Crippen molar-refractivity contribution >= 4 is 28.4 Å². The van der Waals surface area contributed by atoms with Crippen LogP contribution in [0.1, 0.15) is 28.4 Å². The van der Waals surface area contributed by atoms with Crippen LogP contribution in [0.25, 0.3) is 10.9 Å². The van der Waals surface area contributed by atoms with E-state index in [2.05, 4.69) is 4.98 Å². The first-order valence-electron chi connectivity index (χ1n) is 11.6. The first kappa shape index (κ1) is 22.0. The average molecular weight is 484 g/mol. The zero-order chi connectivity index (χ0) is 25.0. The smallest absolute Gasteiger partial charge is 0.269 e. The number of nitro groups is 1. The molecule has 9 heteroatoms. The highest BCUT2D eigenvalue weighted by molar-refractivity contribution is 5.97. The summed E-state index contributed by atoms with van der Waals surface area (Å²) in [7, 11) is 0.